The molecule has 1 atom stereocenters. The average molecular weight is 266 g/mol. The van der Waals surface area contributed by atoms with Gasteiger partial charge in [-0.1, -0.05) is 0 Å². The van der Waals surface area contributed by atoms with E-state index >= 15 is 0 Å². The van der Waals surface area contributed by atoms with Gasteiger partial charge in [-0.2, -0.15) is 0 Å². The summed E-state index contributed by atoms with van der Waals surface area (Å²) >= 11 is 0. The highest BCUT2D eigenvalue weighted by Crippen LogP contribution is 2.15. The monoisotopic (exact) mass is 266 g/mol. The number of ether oxygens (including phenoxy) is 2. The van der Waals surface area contributed by atoms with E-state index in [-0.39, 0.29) is 6.10 Å². The molecule has 1 aliphatic rings. The first-order valence-corrected chi connectivity index (χ1v) is 6.72. The molecule has 1 aromatic rings. The van der Waals surface area contributed by atoms with Crippen molar-refractivity contribution in [2.24, 2.45) is 0 Å². The van der Waals surface area contributed by atoms with Crippen molar-refractivity contribution in [2.45, 2.75) is 32.0 Å². The fraction of sp³-hybridized carbons (Fsp3) is 0.692. The van der Waals surface area contributed by atoms with Crippen LogP contribution in [0.1, 0.15) is 25.1 Å². The van der Waals surface area contributed by atoms with E-state index in [1.807, 2.05) is 13.1 Å². The minimum absolute atomic E-state index is 0.285. The molecule has 1 aromatic heterocycles. The van der Waals surface area contributed by atoms with E-state index in [9.17, 15) is 0 Å². The number of nitrogens with one attached hydrogen (secondary N) is 2. The maximum Gasteiger partial charge on any atom is 0.158 e. The molecular weight excluding hydrogens is 244 g/mol. The molecule has 0 radical (unpaired) electrons. The molecule has 19 heavy (non-hydrogen) atoms. The van der Waals surface area contributed by atoms with Gasteiger partial charge in [-0.05, 0) is 19.3 Å². The second kappa shape index (κ2) is 7.25. The lowest BCUT2D eigenvalue weighted by Gasteiger charge is -2.23. The zero-order valence-corrected chi connectivity index (χ0v) is 11.6. The van der Waals surface area contributed by atoms with Crippen molar-refractivity contribution < 1.29 is 9.47 Å². The van der Waals surface area contributed by atoms with Gasteiger partial charge in [-0.3, -0.25) is 0 Å². The van der Waals surface area contributed by atoms with Gasteiger partial charge < -0.3 is 20.1 Å². The Labute approximate surface area is 113 Å². The van der Waals surface area contributed by atoms with Gasteiger partial charge in [0.15, 0.2) is 5.82 Å². The number of hydrogen-bond acceptors (Lipinski definition) is 6. The topological polar surface area (TPSA) is 68.3 Å². The lowest BCUT2D eigenvalue weighted by Crippen LogP contribution is -2.27. The largest absolute Gasteiger partial charge is 0.377 e. The number of aromatic nitrogens is 2. The van der Waals surface area contributed by atoms with Crippen LogP contribution in [-0.2, 0) is 16.1 Å². The smallest absolute Gasteiger partial charge is 0.158 e. The number of rotatable bonds is 6. The second-order valence-electron chi connectivity index (χ2n) is 4.61. The van der Waals surface area contributed by atoms with E-state index in [0.717, 1.165) is 31.2 Å². The Hall–Kier alpha value is -1.40. The van der Waals surface area contributed by atoms with E-state index in [1.165, 1.54) is 12.8 Å². The van der Waals surface area contributed by atoms with Crippen LogP contribution in [0.15, 0.2) is 6.07 Å². The SMILES string of the molecule is CNc1cc(NCC2CCCCO2)nc(COC)n1. The highest BCUT2D eigenvalue weighted by Gasteiger charge is 2.14. The summed E-state index contributed by atoms with van der Waals surface area (Å²) in [4.78, 5) is 8.73. The number of nitrogens with zero attached hydrogens (tertiary/aromatic N) is 2. The zero-order valence-electron chi connectivity index (χ0n) is 11.6. The summed E-state index contributed by atoms with van der Waals surface area (Å²) in [5, 5.41) is 6.34. The predicted molar refractivity (Wildman–Crippen MR) is 74.4 cm³/mol. The van der Waals surface area contributed by atoms with Gasteiger partial charge in [0, 0.05) is 33.4 Å². The quantitative estimate of drug-likeness (QED) is 0.816. The molecule has 1 fully saturated rings. The van der Waals surface area contributed by atoms with Crippen molar-refractivity contribution >= 4 is 11.6 Å². The highest BCUT2D eigenvalue weighted by atomic mass is 16.5. The van der Waals surface area contributed by atoms with Crippen LogP contribution >= 0.6 is 0 Å². The van der Waals surface area contributed by atoms with E-state index in [1.54, 1.807) is 7.11 Å². The summed E-state index contributed by atoms with van der Waals surface area (Å²) in [6, 6.07) is 1.89. The molecule has 0 spiro atoms. The van der Waals surface area contributed by atoms with Gasteiger partial charge in [0.2, 0.25) is 0 Å². The molecule has 106 valence electrons. The average Bonchev–Trinajstić information content (AvgIpc) is 2.46. The Morgan fingerprint density at radius 2 is 2.21 bits per heavy atom. The first-order valence-electron chi connectivity index (χ1n) is 6.72. The van der Waals surface area contributed by atoms with E-state index in [0.29, 0.717) is 12.4 Å². The predicted octanol–water partition coefficient (Wildman–Crippen LogP) is 1.65. The van der Waals surface area contributed by atoms with Crippen molar-refractivity contribution in [1.29, 1.82) is 0 Å². The van der Waals surface area contributed by atoms with Crippen molar-refractivity contribution in [3.63, 3.8) is 0 Å². The molecule has 2 heterocycles. The molecular formula is C13H22N4O2. The minimum Gasteiger partial charge on any atom is -0.377 e. The maximum absolute atomic E-state index is 5.69. The van der Waals surface area contributed by atoms with Crippen LogP contribution in [0.4, 0.5) is 11.6 Å². The molecule has 6 nitrogen and oxygen atoms in total. The van der Waals surface area contributed by atoms with Crippen molar-refractivity contribution in [1.82, 2.24) is 9.97 Å². The lowest BCUT2D eigenvalue weighted by molar-refractivity contribution is 0.0247. The summed E-state index contributed by atoms with van der Waals surface area (Å²) in [6.07, 6.45) is 3.81. The highest BCUT2D eigenvalue weighted by molar-refractivity contribution is 5.47. The Morgan fingerprint density at radius 1 is 1.37 bits per heavy atom. The van der Waals surface area contributed by atoms with Gasteiger partial charge >= 0.3 is 0 Å². The number of methoxy groups -OCH3 is 1. The summed E-state index contributed by atoms with van der Waals surface area (Å²) in [5.41, 5.74) is 0. The number of anilines is 2. The van der Waals surface area contributed by atoms with Crippen LogP contribution < -0.4 is 10.6 Å². The van der Waals surface area contributed by atoms with Crippen LogP contribution in [0.25, 0.3) is 0 Å². The molecule has 1 aliphatic heterocycles. The van der Waals surface area contributed by atoms with Gasteiger partial charge in [0.25, 0.3) is 0 Å². The lowest BCUT2D eigenvalue weighted by atomic mass is 10.1. The van der Waals surface area contributed by atoms with Crippen LogP contribution in [0.5, 0.6) is 0 Å². The normalized spacial score (nSPS) is 19.2. The molecule has 2 N–H and O–H groups in total. The third-order valence-electron chi connectivity index (χ3n) is 3.09. The molecule has 0 aliphatic carbocycles. The number of hydrogen-bond donors (Lipinski definition) is 2. The molecule has 2 rings (SSSR count). The van der Waals surface area contributed by atoms with Gasteiger partial charge in [-0.25, -0.2) is 9.97 Å². The van der Waals surface area contributed by atoms with Crippen molar-refractivity contribution in [3.05, 3.63) is 11.9 Å². The van der Waals surface area contributed by atoms with Gasteiger partial charge in [-0.15, -0.1) is 0 Å². The first-order chi connectivity index (χ1) is 9.31. The van der Waals surface area contributed by atoms with E-state index in [2.05, 4.69) is 20.6 Å². The first kappa shape index (κ1) is 14.0. The summed E-state index contributed by atoms with van der Waals surface area (Å²) < 4.78 is 10.8. The van der Waals surface area contributed by atoms with Crippen molar-refractivity contribution in [3.8, 4) is 0 Å². The molecule has 0 amide bonds. The molecule has 0 bridgehead atoms. The Morgan fingerprint density at radius 3 is 2.89 bits per heavy atom. The molecule has 1 unspecified atom stereocenters. The summed E-state index contributed by atoms with van der Waals surface area (Å²) in [6.45, 7) is 2.06. The molecule has 0 saturated carbocycles. The Balaban J connectivity index is 1.95. The van der Waals surface area contributed by atoms with Gasteiger partial charge in [0.1, 0.15) is 18.2 Å². The zero-order chi connectivity index (χ0) is 13.5. The molecule has 1 saturated heterocycles. The standard InChI is InChI=1S/C13H22N4O2/c1-14-11-7-12(17-13(16-11)9-18-2)15-8-10-5-3-4-6-19-10/h7,10H,3-6,8-9H2,1-2H3,(H2,14,15,16,17). The van der Waals surface area contributed by atoms with Crippen LogP contribution in [0, 0.1) is 0 Å². The van der Waals surface area contributed by atoms with Crippen LogP contribution in [0.3, 0.4) is 0 Å². The minimum atomic E-state index is 0.285. The van der Waals surface area contributed by atoms with Crippen LogP contribution in [-0.4, -0.2) is 43.4 Å². The third-order valence-corrected chi connectivity index (χ3v) is 3.09. The summed E-state index contributed by atoms with van der Waals surface area (Å²) in [7, 11) is 3.48. The van der Waals surface area contributed by atoms with E-state index in [4.69, 9.17) is 9.47 Å². The molecule has 6 heteroatoms. The molecule has 0 aromatic carbocycles. The summed E-state index contributed by atoms with van der Waals surface area (Å²) in [5.74, 6) is 2.26. The maximum atomic E-state index is 5.69. The third kappa shape index (κ3) is 4.33. The second-order valence-corrected chi connectivity index (χ2v) is 4.61. The van der Waals surface area contributed by atoms with E-state index < -0.39 is 0 Å². The Kier molecular flexibility index (Phi) is 5.35. The van der Waals surface area contributed by atoms with Crippen molar-refractivity contribution in [2.75, 3.05) is 37.9 Å². The van der Waals surface area contributed by atoms with Gasteiger partial charge in [0.05, 0.1) is 6.10 Å². The van der Waals surface area contributed by atoms with Crippen LogP contribution in [0.2, 0.25) is 0 Å². The fourth-order valence-corrected chi connectivity index (χ4v) is 2.10. The Bertz CT molecular complexity index is 394. The fourth-order valence-electron chi connectivity index (χ4n) is 2.10.